The van der Waals surface area contributed by atoms with Crippen LogP contribution in [0.1, 0.15) is 51.4 Å². The van der Waals surface area contributed by atoms with Crippen molar-refractivity contribution in [2.45, 2.75) is 51.4 Å². The van der Waals surface area contributed by atoms with E-state index in [0.29, 0.717) is 18.0 Å². The van der Waals surface area contributed by atoms with Crippen LogP contribution in [-0.4, -0.2) is 47.9 Å². The van der Waals surface area contributed by atoms with E-state index >= 15 is 0 Å². The van der Waals surface area contributed by atoms with Gasteiger partial charge in [0.25, 0.3) is 0 Å². The fourth-order valence-electron chi connectivity index (χ4n) is 5.00. The lowest BCUT2D eigenvalue weighted by Gasteiger charge is -2.37. The maximum atomic E-state index is 13.3. The molecule has 0 radical (unpaired) electrons. The average molecular weight is 441 g/mol. The molecule has 2 amide bonds. The van der Waals surface area contributed by atoms with Crippen LogP contribution in [0.2, 0.25) is 0 Å². The number of para-hydroxylation sites is 1. The van der Waals surface area contributed by atoms with Crippen molar-refractivity contribution in [2.24, 2.45) is 5.41 Å². The van der Waals surface area contributed by atoms with Gasteiger partial charge in [-0.05, 0) is 36.8 Å². The summed E-state index contributed by atoms with van der Waals surface area (Å²) < 4.78 is 0. The molecule has 1 saturated carbocycles. The third kappa shape index (κ3) is 5.85. The van der Waals surface area contributed by atoms with Crippen LogP contribution in [0.4, 0.5) is 10.8 Å². The lowest BCUT2D eigenvalue weighted by molar-refractivity contribution is -0.135. The normalized spacial score (nSPS) is 19.0. The highest BCUT2D eigenvalue weighted by atomic mass is 32.1. The Hall–Kier alpha value is -2.41. The standard InChI is InChI=1S/C24H32N4O2S/c29-21(26-23-25-12-17-31-23)18-24(10-5-2-6-11-24)19-22(30)28-14-7-13-27(15-16-28)20-8-3-1-4-9-20/h1,3-4,8-9,12,17H,2,5-7,10-11,13-16,18-19H2,(H,25,26,29). The van der Waals surface area contributed by atoms with Crippen molar-refractivity contribution in [3.8, 4) is 0 Å². The molecule has 2 fully saturated rings. The number of anilines is 2. The van der Waals surface area contributed by atoms with Gasteiger partial charge >= 0.3 is 0 Å². The molecule has 31 heavy (non-hydrogen) atoms. The van der Waals surface area contributed by atoms with Gasteiger partial charge in [-0.1, -0.05) is 37.5 Å². The van der Waals surface area contributed by atoms with Crippen LogP contribution in [0.15, 0.2) is 41.9 Å². The lowest BCUT2D eigenvalue weighted by Crippen LogP contribution is -2.40. The first-order valence-electron chi connectivity index (χ1n) is 11.4. The van der Waals surface area contributed by atoms with Crippen LogP contribution >= 0.6 is 11.3 Å². The van der Waals surface area contributed by atoms with Crippen molar-refractivity contribution in [3.63, 3.8) is 0 Å². The number of carbonyl (C=O) groups excluding carboxylic acids is 2. The summed E-state index contributed by atoms with van der Waals surface area (Å²) in [5.41, 5.74) is 1.00. The summed E-state index contributed by atoms with van der Waals surface area (Å²) in [6, 6.07) is 10.4. The van der Waals surface area contributed by atoms with Crippen molar-refractivity contribution < 1.29 is 9.59 Å². The van der Waals surface area contributed by atoms with E-state index in [1.807, 2.05) is 16.3 Å². The Morgan fingerprint density at radius 3 is 2.52 bits per heavy atom. The summed E-state index contributed by atoms with van der Waals surface area (Å²) >= 11 is 1.43. The van der Waals surface area contributed by atoms with Gasteiger partial charge in [-0.25, -0.2) is 4.98 Å². The highest BCUT2D eigenvalue weighted by Gasteiger charge is 2.38. The number of thiazole rings is 1. The van der Waals surface area contributed by atoms with Gasteiger partial charge in [0, 0.05) is 56.3 Å². The minimum absolute atomic E-state index is 0.0178. The Balaban J connectivity index is 1.37. The number of hydrogen-bond donors (Lipinski definition) is 1. The van der Waals surface area contributed by atoms with Crippen LogP contribution in [0.5, 0.6) is 0 Å². The molecule has 4 rings (SSSR count). The zero-order valence-corrected chi connectivity index (χ0v) is 18.9. The number of aromatic nitrogens is 1. The Morgan fingerprint density at radius 2 is 1.77 bits per heavy atom. The van der Waals surface area contributed by atoms with Crippen LogP contribution in [-0.2, 0) is 9.59 Å². The molecule has 1 aromatic carbocycles. The van der Waals surface area contributed by atoms with E-state index in [1.165, 1.54) is 23.4 Å². The monoisotopic (exact) mass is 440 g/mol. The smallest absolute Gasteiger partial charge is 0.226 e. The minimum Gasteiger partial charge on any atom is -0.370 e. The summed E-state index contributed by atoms with van der Waals surface area (Å²) in [5.74, 6) is 0.189. The number of carbonyl (C=O) groups is 2. The second-order valence-electron chi connectivity index (χ2n) is 8.86. The molecular formula is C24H32N4O2S. The van der Waals surface area contributed by atoms with Gasteiger partial charge in [0.05, 0.1) is 0 Å². The first kappa shape index (κ1) is 21.8. The molecule has 0 unspecified atom stereocenters. The van der Waals surface area contributed by atoms with Crippen molar-refractivity contribution in [1.29, 1.82) is 0 Å². The minimum atomic E-state index is -0.220. The molecule has 166 valence electrons. The number of benzene rings is 1. The number of hydrogen-bond acceptors (Lipinski definition) is 5. The maximum absolute atomic E-state index is 13.3. The molecule has 2 heterocycles. The Kier molecular flexibility index (Phi) is 7.22. The second-order valence-corrected chi connectivity index (χ2v) is 9.75. The third-order valence-corrected chi connectivity index (χ3v) is 7.31. The Bertz CT molecular complexity index is 850. The van der Waals surface area contributed by atoms with Gasteiger partial charge in [0.1, 0.15) is 0 Å². The second kappa shape index (κ2) is 10.3. The van der Waals surface area contributed by atoms with Crippen molar-refractivity contribution >= 4 is 34.0 Å². The third-order valence-electron chi connectivity index (χ3n) is 6.62. The maximum Gasteiger partial charge on any atom is 0.226 e. The zero-order chi connectivity index (χ0) is 21.5. The van der Waals surface area contributed by atoms with E-state index < -0.39 is 0 Å². The highest BCUT2D eigenvalue weighted by molar-refractivity contribution is 7.13. The molecule has 1 saturated heterocycles. The van der Waals surface area contributed by atoms with E-state index in [0.717, 1.165) is 58.3 Å². The van der Waals surface area contributed by atoms with Crippen molar-refractivity contribution in [3.05, 3.63) is 41.9 Å². The van der Waals surface area contributed by atoms with Crippen molar-refractivity contribution in [1.82, 2.24) is 9.88 Å². The van der Waals surface area contributed by atoms with Gasteiger partial charge in [0.15, 0.2) is 5.13 Å². The zero-order valence-electron chi connectivity index (χ0n) is 18.1. The topological polar surface area (TPSA) is 65.5 Å². The molecule has 6 nitrogen and oxygen atoms in total. The molecular weight excluding hydrogens is 408 g/mol. The van der Waals surface area contributed by atoms with E-state index in [1.54, 1.807) is 6.20 Å². The van der Waals surface area contributed by atoms with Gasteiger partial charge in [-0.2, -0.15) is 0 Å². The van der Waals surface area contributed by atoms with E-state index in [4.69, 9.17) is 0 Å². The lowest BCUT2D eigenvalue weighted by atomic mass is 9.69. The summed E-state index contributed by atoms with van der Waals surface area (Å²) in [7, 11) is 0. The molecule has 7 heteroatoms. The van der Waals surface area contributed by atoms with E-state index in [2.05, 4.69) is 39.5 Å². The number of nitrogens with one attached hydrogen (secondary N) is 1. The quantitative estimate of drug-likeness (QED) is 0.716. The predicted molar refractivity (Wildman–Crippen MR) is 125 cm³/mol. The van der Waals surface area contributed by atoms with Gasteiger partial charge < -0.3 is 15.1 Å². The van der Waals surface area contributed by atoms with Crippen LogP contribution < -0.4 is 10.2 Å². The Labute approximate surface area is 188 Å². The molecule has 2 aromatic rings. The fourth-order valence-corrected chi connectivity index (χ4v) is 5.55. The predicted octanol–water partition coefficient (Wildman–Crippen LogP) is 4.55. The van der Waals surface area contributed by atoms with E-state index in [-0.39, 0.29) is 17.2 Å². The largest absolute Gasteiger partial charge is 0.370 e. The van der Waals surface area contributed by atoms with Crippen LogP contribution in [0.3, 0.4) is 0 Å². The van der Waals surface area contributed by atoms with E-state index in [9.17, 15) is 9.59 Å². The van der Waals surface area contributed by atoms with Gasteiger partial charge in [0.2, 0.25) is 11.8 Å². The number of nitrogens with zero attached hydrogens (tertiary/aromatic N) is 3. The summed E-state index contributed by atoms with van der Waals surface area (Å²) in [4.78, 5) is 34.6. The van der Waals surface area contributed by atoms with Crippen molar-refractivity contribution in [2.75, 3.05) is 36.4 Å². The highest BCUT2D eigenvalue weighted by Crippen LogP contribution is 2.43. The fraction of sp³-hybridized carbons (Fsp3) is 0.542. The number of rotatable bonds is 6. The molecule has 1 aliphatic carbocycles. The Morgan fingerprint density at radius 1 is 0.968 bits per heavy atom. The average Bonchev–Trinajstić information content (AvgIpc) is 3.15. The van der Waals surface area contributed by atoms with Crippen LogP contribution in [0, 0.1) is 5.41 Å². The SMILES string of the molecule is O=C(CC1(CC(=O)N2CCCN(c3ccccc3)CC2)CCCCC1)Nc1nccs1. The molecule has 2 aliphatic rings. The number of amides is 2. The summed E-state index contributed by atoms with van der Waals surface area (Å²) in [5, 5.41) is 5.41. The molecule has 1 aromatic heterocycles. The molecule has 0 spiro atoms. The molecule has 1 N–H and O–H groups in total. The summed E-state index contributed by atoms with van der Waals surface area (Å²) in [6.07, 6.45) is 8.84. The summed E-state index contributed by atoms with van der Waals surface area (Å²) in [6.45, 7) is 3.36. The van der Waals surface area contributed by atoms with Gasteiger partial charge in [-0.3, -0.25) is 9.59 Å². The molecule has 0 atom stereocenters. The van der Waals surface area contributed by atoms with Crippen LogP contribution in [0.25, 0.3) is 0 Å². The molecule has 0 bridgehead atoms. The first-order valence-corrected chi connectivity index (χ1v) is 12.3. The molecule has 1 aliphatic heterocycles. The first-order chi connectivity index (χ1) is 15.1. The van der Waals surface area contributed by atoms with Gasteiger partial charge in [-0.15, -0.1) is 11.3 Å².